The highest BCUT2D eigenvalue weighted by atomic mass is 32.2. The summed E-state index contributed by atoms with van der Waals surface area (Å²) in [5, 5.41) is 8.17. The van der Waals surface area contributed by atoms with Gasteiger partial charge in [0.25, 0.3) is 0 Å². The summed E-state index contributed by atoms with van der Waals surface area (Å²) in [5.74, 6) is -0.796. The van der Waals surface area contributed by atoms with Crippen molar-refractivity contribution in [2.75, 3.05) is 12.4 Å². The molecule has 0 radical (unpaired) electrons. The quantitative estimate of drug-likeness (QED) is 0.469. The minimum absolute atomic E-state index is 0.0927. The van der Waals surface area contributed by atoms with Crippen LogP contribution in [0.2, 0.25) is 0 Å². The fraction of sp³-hybridized carbons (Fsp3) is 0.375. The van der Waals surface area contributed by atoms with E-state index in [1.165, 1.54) is 30.3 Å². The van der Waals surface area contributed by atoms with Crippen LogP contribution in [0.25, 0.3) is 0 Å². The van der Waals surface area contributed by atoms with E-state index in [9.17, 15) is 22.8 Å². The molecule has 0 aliphatic carbocycles. The smallest absolute Gasteiger partial charge is 0.493 e. The highest BCUT2D eigenvalue weighted by molar-refractivity contribution is 8.14. The van der Waals surface area contributed by atoms with Gasteiger partial charge >= 0.3 is 11.6 Å². The summed E-state index contributed by atoms with van der Waals surface area (Å²) in [6.45, 7) is 5.69. The van der Waals surface area contributed by atoms with E-state index in [0.29, 0.717) is 23.4 Å². The Kier molecular flexibility index (Phi) is 8.31. The zero-order valence-electron chi connectivity index (χ0n) is 19.7. The fourth-order valence-corrected chi connectivity index (χ4v) is 4.21. The van der Waals surface area contributed by atoms with Crippen molar-refractivity contribution in [3.05, 3.63) is 53.6 Å². The van der Waals surface area contributed by atoms with Crippen molar-refractivity contribution in [3.63, 3.8) is 0 Å². The average Bonchev–Trinajstić information content (AvgIpc) is 2.80. The van der Waals surface area contributed by atoms with Crippen molar-refractivity contribution in [2.24, 2.45) is 11.0 Å². The molecule has 1 N–H and O–H groups in total. The number of carbonyl (C=O) groups excluding carboxylic acids is 2. The third kappa shape index (κ3) is 6.91. The van der Waals surface area contributed by atoms with Crippen LogP contribution < -0.4 is 14.8 Å². The molecule has 35 heavy (non-hydrogen) atoms. The number of hydrogen-bond acceptors (Lipinski definition) is 6. The summed E-state index contributed by atoms with van der Waals surface area (Å²) in [6, 6.07) is 11.1. The number of nitrogens with zero attached hydrogens (tertiary/aromatic N) is 2. The SMILES string of the molecule is CCC1SC(=O)N(Cc2ccc(NC(=O)C(C)C)cc2)N=C1c1ccc(OC(F)(F)F)c(OC)c1. The van der Waals surface area contributed by atoms with Gasteiger partial charge in [-0.15, -0.1) is 13.2 Å². The van der Waals surface area contributed by atoms with Crippen molar-refractivity contribution < 1.29 is 32.2 Å². The molecule has 1 aliphatic rings. The number of alkyl halides is 3. The first kappa shape index (κ1) is 26.4. The molecule has 0 saturated heterocycles. The zero-order valence-corrected chi connectivity index (χ0v) is 20.5. The molecule has 1 heterocycles. The van der Waals surface area contributed by atoms with Crippen LogP contribution in [0.3, 0.4) is 0 Å². The summed E-state index contributed by atoms with van der Waals surface area (Å²) in [5.41, 5.74) is 2.52. The predicted octanol–water partition coefficient (Wildman–Crippen LogP) is 6.04. The van der Waals surface area contributed by atoms with Gasteiger partial charge in [-0.1, -0.05) is 44.7 Å². The number of thioether (sulfide) groups is 1. The number of carbonyl (C=O) groups is 2. The van der Waals surface area contributed by atoms with Crippen LogP contribution in [-0.2, 0) is 11.3 Å². The number of halogens is 3. The highest BCUT2D eigenvalue weighted by Crippen LogP contribution is 2.36. The topological polar surface area (TPSA) is 80.2 Å². The summed E-state index contributed by atoms with van der Waals surface area (Å²) >= 11 is 1.11. The maximum absolute atomic E-state index is 12.7. The number of nitrogens with one attached hydrogen (secondary N) is 1. The standard InChI is InChI=1S/C24H26F3N3O4S/c1-5-20-21(16-8-11-18(19(12-16)33-4)34-24(25,26)27)29-30(23(32)35-20)13-15-6-9-17(10-7-15)28-22(31)14(2)3/h6-12,14,20H,5,13H2,1-4H3,(H,28,31). The molecule has 0 bridgehead atoms. The van der Waals surface area contributed by atoms with Crippen molar-refractivity contribution in [2.45, 2.75) is 45.3 Å². The molecule has 0 saturated carbocycles. The second-order valence-electron chi connectivity index (χ2n) is 8.08. The molecule has 0 aromatic heterocycles. The van der Waals surface area contributed by atoms with E-state index in [1.807, 2.05) is 6.92 Å². The summed E-state index contributed by atoms with van der Waals surface area (Å²) in [4.78, 5) is 24.6. The maximum atomic E-state index is 12.7. The Bertz CT molecular complexity index is 1100. The molecule has 1 atom stereocenters. The van der Waals surface area contributed by atoms with Gasteiger partial charge in [-0.25, -0.2) is 5.01 Å². The van der Waals surface area contributed by atoms with Gasteiger partial charge in [-0.05, 0) is 42.3 Å². The lowest BCUT2D eigenvalue weighted by Gasteiger charge is -2.28. The van der Waals surface area contributed by atoms with E-state index in [1.54, 1.807) is 38.1 Å². The molecule has 7 nitrogen and oxygen atoms in total. The molecule has 3 rings (SSSR count). The molecule has 1 unspecified atom stereocenters. The first-order valence-electron chi connectivity index (χ1n) is 10.9. The molecule has 0 fully saturated rings. The molecule has 1 aliphatic heterocycles. The van der Waals surface area contributed by atoms with Gasteiger partial charge in [0.15, 0.2) is 11.5 Å². The van der Waals surface area contributed by atoms with E-state index in [4.69, 9.17) is 4.74 Å². The van der Waals surface area contributed by atoms with Crippen LogP contribution in [0.5, 0.6) is 11.5 Å². The minimum Gasteiger partial charge on any atom is -0.493 e. The first-order chi connectivity index (χ1) is 16.5. The summed E-state index contributed by atoms with van der Waals surface area (Å²) in [7, 11) is 1.25. The molecule has 11 heteroatoms. The molecular formula is C24H26F3N3O4S. The number of anilines is 1. The maximum Gasteiger partial charge on any atom is 0.573 e. The molecule has 2 amide bonds. The Balaban J connectivity index is 1.85. The fourth-order valence-electron chi connectivity index (χ4n) is 3.28. The van der Waals surface area contributed by atoms with Gasteiger partial charge in [-0.3, -0.25) is 9.59 Å². The molecule has 2 aromatic rings. The number of methoxy groups -OCH3 is 1. The number of hydrazone groups is 1. The largest absolute Gasteiger partial charge is 0.573 e. The Morgan fingerprint density at radius 3 is 2.43 bits per heavy atom. The predicted molar refractivity (Wildman–Crippen MR) is 129 cm³/mol. The van der Waals surface area contributed by atoms with Gasteiger partial charge in [-0.2, -0.15) is 5.10 Å². The number of amides is 2. The normalized spacial score (nSPS) is 16.2. The van der Waals surface area contributed by atoms with Crippen molar-refractivity contribution in [1.29, 1.82) is 0 Å². The third-order valence-corrected chi connectivity index (χ3v) is 6.37. The van der Waals surface area contributed by atoms with E-state index < -0.39 is 12.1 Å². The molecular weight excluding hydrogens is 483 g/mol. The van der Waals surface area contributed by atoms with E-state index in [0.717, 1.165) is 17.3 Å². The second kappa shape index (κ2) is 11.0. The van der Waals surface area contributed by atoms with Crippen LogP contribution in [-0.4, -0.2) is 40.6 Å². The Morgan fingerprint density at radius 1 is 1.17 bits per heavy atom. The number of hydrogen-bond donors (Lipinski definition) is 1. The van der Waals surface area contributed by atoms with Crippen LogP contribution >= 0.6 is 11.8 Å². The zero-order chi connectivity index (χ0) is 25.8. The third-order valence-electron chi connectivity index (χ3n) is 5.12. The lowest BCUT2D eigenvalue weighted by Crippen LogP contribution is -2.34. The van der Waals surface area contributed by atoms with Gasteiger partial charge < -0.3 is 14.8 Å². The van der Waals surface area contributed by atoms with Gasteiger partial charge in [0, 0.05) is 17.2 Å². The van der Waals surface area contributed by atoms with Crippen LogP contribution in [0.1, 0.15) is 38.3 Å². The Morgan fingerprint density at radius 2 is 1.86 bits per heavy atom. The molecule has 188 valence electrons. The Hall–Kier alpha value is -3.21. The van der Waals surface area contributed by atoms with Crippen molar-refractivity contribution in [3.8, 4) is 11.5 Å². The van der Waals surface area contributed by atoms with Crippen LogP contribution in [0.4, 0.5) is 23.7 Å². The van der Waals surface area contributed by atoms with Gasteiger partial charge in [0.1, 0.15) is 0 Å². The minimum atomic E-state index is -4.85. The average molecular weight is 510 g/mol. The van der Waals surface area contributed by atoms with Crippen molar-refractivity contribution in [1.82, 2.24) is 5.01 Å². The second-order valence-corrected chi connectivity index (χ2v) is 9.23. The van der Waals surface area contributed by atoms with E-state index in [2.05, 4.69) is 15.2 Å². The van der Waals surface area contributed by atoms with E-state index >= 15 is 0 Å². The summed E-state index contributed by atoms with van der Waals surface area (Å²) in [6.07, 6.45) is -4.26. The highest BCUT2D eigenvalue weighted by Gasteiger charge is 2.34. The monoisotopic (exact) mass is 509 g/mol. The van der Waals surface area contributed by atoms with Crippen molar-refractivity contribution >= 4 is 34.3 Å². The van der Waals surface area contributed by atoms with Gasteiger partial charge in [0.2, 0.25) is 5.91 Å². The molecule has 2 aromatic carbocycles. The lowest BCUT2D eigenvalue weighted by molar-refractivity contribution is -0.275. The lowest BCUT2D eigenvalue weighted by atomic mass is 10.0. The van der Waals surface area contributed by atoms with Gasteiger partial charge in [0.05, 0.1) is 24.6 Å². The van der Waals surface area contributed by atoms with E-state index in [-0.39, 0.29) is 34.6 Å². The summed E-state index contributed by atoms with van der Waals surface area (Å²) < 4.78 is 47.2. The van der Waals surface area contributed by atoms with Crippen LogP contribution in [0, 0.1) is 5.92 Å². The Labute approximate surface area is 205 Å². The number of benzene rings is 2. The number of rotatable bonds is 8. The molecule has 0 spiro atoms. The van der Waals surface area contributed by atoms with Crippen LogP contribution in [0.15, 0.2) is 47.6 Å². The number of ether oxygens (including phenoxy) is 2. The first-order valence-corrected chi connectivity index (χ1v) is 11.8.